The first kappa shape index (κ1) is 14.1. The molecular formula is C17H21NO3. The second-order valence-electron chi connectivity index (χ2n) is 6.20. The Morgan fingerprint density at radius 3 is 2.38 bits per heavy atom. The predicted molar refractivity (Wildman–Crippen MR) is 78.8 cm³/mol. The Morgan fingerprint density at radius 1 is 1.05 bits per heavy atom. The molecule has 21 heavy (non-hydrogen) atoms. The molecule has 2 fully saturated rings. The van der Waals surface area contributed by atoms with Crippen LogP contribution in [0.5, 0.6) is 0 Å². The Bertz CT molecular complexity index is 528. The van der Waals surface area contributed by atoms with Gasteiger partial charge >= 0.3 is 5.97 Å². The predicted octanol–water partition coefficient (Wildman–Crippen LogP) is 2.55. The Hall–Kier alpha value is -1.84. The third-order valence-electron chi connectivity index (χ3n) is 4.77. The third kappa shape index (κ3) is 3.09. The molecule has 2 saturated carbocycles. The fourth-order valence-corrected chi connectivity index (χ4v) is 3.45. The highest BCUT2D eigenvalue weighted by Crippen LogP contribution is 2.41. The van der Waals surface area contributed by atoms with Gasteiger partial charge in [0.15, 0.2) is 0 Å². The molecule has 1 amide bonds. The molecule has 0 aliphatic heterocycles. The Balaban J connectivity index is 1.58. The number of carboxylic acid groups (broad SMARTS) is 1. The lowest BCUT2D eigenvalue weighted by atomic mass is 9.78. The summed E-state index contributed by atoms with van der Waals surface area (Å²) in [5, 5.41) is 12.3. The normalized spacial score (nSPS) is 31.4. The van der Waals surface area contributed by atoms with Crippen LogP contribution in [0.25, 0.3) is 0 Å². The molecule has 1 aromatic rings. The van der Waals surface area contributed by atoms with Crippen LogP contribution in [0.2, 0.25) is 0 Å². The molecule has 4 heteroatoms. The van der Waals surface area contributed by atoms with Gasteiger partial charge in [-0.05, 0) is 24.8 Å². The quantitative estimate of drug-likeness (QED) is 0.894. The van der Waals surface area contributed by atoms with Gasteiger partial charge in [-0.25, -0.2) is 0 Å². The van der Waals surface area contributed by atoms with Crippen molar-refractivity contribution in [2.75, 3.05) is 0 Å². The van der Waals surface area contributed by atoms with Crippen LogP contribution in [0.3, 0.4) is 0 Å². The molecule has 0 radical (unpaired) electrons. The molecule has 0 saturated heterocycles. The molecule has 3 rings (SSSR count). The van der Waals surface area contributed by atoms with Crippen LogP contribution in [-0.4, -0.2) is 23.0 Å². The highest BCUT2D eigenvalue weighted by molar-refractivity contribution is 5.85. The molecule has 0 aromatic heterocycles. The number of carbonyl (C=O) groups excluding carboxylic acids is 1. The fraction of sp³-hybridized carbons (Fsp3) is 0.529. The van der Waals surface area contributed by atoms with Crippen molar-refractivity contribution in [1.29, 1.82) is 0 Å². The lowest BCUT2D eigenvalue weighted by Gasteiger charge is -2.27. The van der Waals surface area contributed by atoms with Crippen molar-refractivity contribution < 1.29 is 14.7 Å². The molecule has 2 N–H and O–H groups in total. The van der Waals surface area contributed by atoms with Crippen LogP contribution in [-0.2, 0) is 9.59 Å². The summed E-state index contributed by atoms with van der Waals surface area (Å²) in [5.41, 5.74) is 1.25. The minimum absolute atomic E-state index is 0.0643. The van der Waals surface area contributed by atoms with Crippen molar-refractivity contribution in [1.82, 2.24) is 5.32 Å². The zero-order chi connectivity index (χ0) is 14.8. The van der Waals surface area contributed by atoms with E-state index in [9.17, 15) is 14.7 Å². The van der Waals surface area contributed by atoms with Gasteiger partial charge in [-0.15, -0.1) is 0 Å². The van der Waals surface area contributed by atoms with Crippen LogP contribution >= 0.6 is 0 Å². The van der Waals surface area contributed by atoms with Gasteiger partial charge in [-0.3, -0.25) is 9.59 Å². The number of benzene rings is 1. The van der Waals surface area contributed by atoms with Gasteiger partial charge in [0.1, 0.15) is 0 Å². The molecule has 4 atom stereocenters. The van der Waals surface area contributed by atoms with Gasteiger partial charge in [-0.1, -0.05) is 43.2 Å². The minimum atomic E-state index is -0.828. The van der Waals surface area contributed by atoms with E-state index in [1.54, 1.807) is 0 Å². The number of carboxylic acids is 1. The van der Waals surface area contributed by atoms with E-state index in [0.717, 1.165) is 19.3 Å². The number of aliphatic carboxylic acids is 1. The lowest BCUT2D eigenvalue weighted by Crippen LogP contribution is -2.40. The summed E-state index contributed by atoms with van der Waals surface area (Å²) in [6.45, 7) is 0. The monoisotopic (exact) mass is 287 g/mol. The summed E-state index contributed by atoms with van der Waals surface area (Å²) < 4.78 is 0. The summed E-state index contributed by atoms with van der Waals surface area (Å²) >= 11 is 0. The second-order valence-corrected chi connectivity index (χ2v) is 6.20. The first-order chi connectivity index (χ1) is 10.2. The highest BCUT2D eigenvalue weighted by atomic mass is 16.4. The number of amides is 1. The summed E-state index contributed by atoms with van der Waals surface area (Å²) in [4.78, 5) is 23.6. The molecular weight excluding hydrogens is 266 g/mol. The first-order valence-corrected chi connectivity index (χ1v) is 7.75. The van der Waals surface area contributed by atoms with Gasteiger partial charge in [0, 0.05) is 12.0 Å². The molecule has 2 aliphatic rings. The molecule has 4 nitrogen and oxygen atoms in total. The van der Waals surface area contributed by atoms with Gasteiger partial charge < -0.3 is 10.4 Å². The largest absolute Gasteiger partial charge is 0.481 e. The molecule has 4 unspecified atom stereocenters. The lowest BCUT2D eigenvalue weighted by molar-refractivity contribution is -0.148. The number of carbonyl (C=O) groups is 2. The van der Waals surface area contributed by atoms with E-state index in [1.807, 2.05) is 18.2 Å². The molecule has 112 valence electrons. The van der Waals surface area contributed by atoms with Crippen LogP contribution in [0.1, 0.15) is 43.6 Å². The Labute approximate surface area is 124 Å². The van der Waals surface area contributed by atoms with Crippen molar-refractivity contribution in [2.24, 2.45) is 11.8 Å². The maximum atomic E-state index is 12.4. The van der Waals surface area contributed by atoms with Crippen molar-refractivity contribution in [3.8, 4) is 0 Å². The number of rotatable bonds is 4. The number of hydrogen-bond acceptors (Lipinski definition) is 2. The Morgan fingerprint density at radius 2 is 1.71 bits per heavy atom. The van der Waals surface area contributed by atoms with Crippen LogP contribution in [0, 0.1) is 11.8 Å². The van der Waals surface area contributed by atoms with E-state index in [-0.39, 0.29) is 17.9 Å². The smallest absolute Gasteiger partial charge is 0.307 e. The van der Waals surface area contributed by atoms with Gasteiger partial charge in [0.05, 0.1) is 11.8 Å². The average molecular weight is 287 g/mol. The van der Waals surface area contributed by atoms with E-state index in [0.29, 0.717) is 18.8 Å². The molecule has 0 heterocycles. The zero-order valence-corrected chi connectivity index (χ0v) is 12.0. The van der Waals surface area contributed by atoms with E-state index in [2.05, 4.69) is 17.4 Å². The maximum absolute atomic E-state index is 12.4. The van der Waals surface area contributed by atoms with E-state index >= 15 is 0 Å². The van der Waals surface area contributed by atoms with E-state index < -0.39 is 11.9 Å². The third-order valence-corrected chi connectivity index (χ3v) is 4.77. The SMILES string of the molecule is O=C(O)C1CCCCC1C(=O)NC1CC1c1ccccc1. The average Bonchev–Trinajstić information content (AvgIpc) is 3.27. The first-order valence-electron chi connectivity index (χ1n) is 7.75. The summed E-state index contributed by atoms with van der Waals surface area (Å²) in [7, 11) is 0. The van der Waals surface area contributed by atoms with Crippen LogP contribution in [0.15, 0.2) is 30.3 Å². The maximum Gasteiger partial charge on any atom is 0.307 e. The van der Waals surface area contributed by atoms with Crippen LogP contribution in [0.4, 0.5) is 0 Å². The van der Waals surface area contributed by atoms with Crippen molar-refractivity contribution in [3.05, 3.63) is 35.9 Å². The number of hydrogen-bond donors (Lipinski definition) is 2. The van der Waals surface area contributed by atoms with Crippen molar-refractivity contribution >= 4 is 11.9 Å². The zero-order valence-electron chi connectivity index (χ0n) is 12.0. The molecule has 0 bridgehead atoms. The van der Waals surface area contributed by atoms with Crippen molar-refractivity contribution in [2.45, 2.75) is 44.1 Å². The van der Waals surface area contributed by atoms with Gasteiger partial charge in [-0.2, -0.15) is 0 Å². The topological polar surface area (TPSA) is 66.4 Å². The standard InChI is InChI=1S/C17H21NO3/c19-16(12-8-4-5-9-13(12)17(20)21)18-15-10-14(15)11-6-2-1-3-7-11/h1-3,6-7,12-15H,4-5,8-10H2,(H,18,19)(H,20,21). The highest BCUT2D eigenvalue weighted by Gasteiger charge is 2.42. The van der Waals surface area contributed by atoms with Crippen molar-refractivity contribution in [3.63, 3.8) is 0 Å². The van der Waals surface area contributed by atoms with Crippen LogP contribution < -0.4 is 5.32 Å². The van der Waals surface area contributed by atoms with E-state index in [4.69, 9.17) is 0 Å². The second kappa shape index (κ2) is 5.88. The number of nitrogens with one attached hydrogen (secondary N) is 1. The summed E-state index contributed by atoms with van der Waals surface area (Å²) in [5.74, 6) is -1.36. The minimum Gasteiger partial charge on any atom is -0.481 e. The fourth-order valence-electron chi connectivity index (χ4n) is 3.45. The molecule has 1 aromatic carbocycles. The molecule has 2 aliphatic carbocycles. The van der Waals surface area contributed by atoms with Gasteiger partial charge in [0.25, 0.3) is 0 Å². The van der Waals surface area contributed by atoms with Gasteiger partial charge in [0.2, 0.25) is 5.91 Å². The van der Waals surface area contributed by atoms with E-state index in [1.165, 1.54) is 5.56 Å². The molecule has 0 spiro atoms. The summed E-state index contributed by atoms with van der Waals surface area (Å²) in [6, 6.07) is 10.3. The summed E-state index contributed by atoms with van der Waals surface area (Å²) in [6.07, 6.45) is 4.15. The Kier molecular flexibility index (Phi) is 3.95.